The number of piperidine rings is 2. The second kappa shape index (κ2) is 16.2. The molecule has 6 aliphatic rings. The van der Waals surface area contributed by atoms with Crippen LogP contribution in [0.15, 0.2) is 60.8 Å². The number of rotatable bonds is 9. The van der Waals surface area contributed by atoms with Gasteiger partial charge in [-0.1, -0.05) is 13.8 Å². The van der Waals surface area contributed by atoms with Gasteiger partial charge in [-0.3, -0.25) is 44.1 Å². The molecule has 0 spiro atoms. The zero-order chi connectivity index (χ0) is 46.4. The van der Waals surface area contributed by atoms with E-state index in [1.165, 1.54) is 6.07 Å². The van der Waals surface area contributed by atoms with E-state index in [0.717, 1.165) is 67.1 Å². The molecule has 1 saturated carbocycles. The number of amides is 5. The van der Waals surface area contributed by atoms with Gasteiger partial charge in [0, 0.05) is 86.5 Å². The van der Waals surface area contributed by atoms with Crippen molar-refractivity contribution in [2.45, 2.75) is 76.1 Å². The summed E-state index contributed by atoms with van der Waals surface area (Å²) in [7, 11) is 4.11. The van der Waals surface area contributed by atoms with Crippen LogP contribution in [-0.4, -0.2) is 133 Å². The van der Waals surface area contributed by atoms with Crippen molar-refractivity contribution in [2.75, 3.05) is 69.7 Å². The first kappa shape index (κ1) is 43.5. The Hall–Kier alpha value is -6.44. The molecule has 0 bridgehead atoms. The van der Waals surface area contributed by atoms with Crippen LogP contribution in [-0.2, 0) is 15.0 Å². The van der Waals surface area contributed by atoms with Crippen molar-refractivity contribution in [3.63, 3.8) is 0 Å². The van der Waals surface area contributed by atoms with Crippen molar-refractivity contribution in [3.8, 4) is 11.8 Å². The van der Waals surface area contributed by atoms with E-state index in [1.54, 1.807) is 36.5 Å². The molecule has 1 aliphatic carbocycles. The largest absolute Gasteiger partial charge is 0.488 e. The van der Waals surface area contributed by atoms with Gasteiger partial charge in [-0.15, -0.1) is 0 Å². The number of fused-ring (bicyclic) bond motifs is 3. The van der Waals surface area contributed by atoms with Gasteiger partial charge in [-0.2, -0.15) is 5.26 Å². The van der Waals surface area contributed by atoms with Gasteiger partial charge in [0.1, 0.15) is 29.8 Å². The molecule has 3 aromatic carbocycles. The quantitative estimate of drug-likeness (QED) is 0.227. The molecule has 5 atom stereocenters. The molecule has 342 valence electrons. The van der Waals surface area contributed by atoms with Gasteiger partial charge in [0.05, 0.1) is 39.4 Å². The molecule has 0 radical (unpaired) electrons. The number of nitrogens with zero attached hydrogens (tertiary/aromatic N) is 7. The zero-order valence-corrected chi connectivity index (χ0v) is 37.9. The molecule has 4 aromatic rings. The predicted octanol–water partition coefficient (Wildman–Crippen LogP) is 4.47. The Kier molecular flexibility index (Phi) is 10.6. The number of anilines is 2. The van der Waals surface area contributed by atoms with Crippen LogP contribution in [0, 0.1) is 28.5 Å². The van der Waals surface area contributed by atoms with E-state index in [1.807, 2.05) is 18.2 Å². The van der Waals surface area contributed by atoms with Crippen LogP contribution in [0.25, 0.3) is 10.9 Å². The van der Waals surface area contributed by atoms with E-state index in [0.29, 0.717) is 41.5 Å². The highest BCUT2D eigenvalue weighted by Crippen LogP contribution is 2.61. The maximum absolute atomic E-state index is 16.0. The lowest BCUT2D eigenvalue weighted by molar-refractivity contribution is -0.136. The van der Waals surface area contributed by atoms with Gasteiger partial charge >= 0.3 is 0 Å². The molecule has 5 aliphatic heterocycles. The van der Waals surface area contributed by atoms with Crippen LogP contribution < -0.4 is 25.2 Å². The third-order valence-corrected chi connectivity index (χ3v) is 15.3. The summed E-state index contributed by atoms with van der Waals surface area (Å²) in [5.74, 6) is -1.77. The molecule has 6 heterocycles. The number of piperazine rings is 1. The van der Waals surface area contributed by atoms with Crippen LogP contribution in [0.1, 0.15) is 88.7 Å². The molecule has 3 unspecified atom stereocenters. The molecule has 16 heteroatoms. The minimum Gasteiger partial charge on any atom is -0.488 e. The van der Waals surface area contributed by atoms with E-state index >= 15 is 4.39 Å². The highest BCUT2D eigenvalue weighted by Gasteiger charge is 2.69. The second-order valence-electron chi connectivity index (χ2n) is 19.9. The fourth-order valence-corrected chi connectivity index (χ4v) is 12.1. The average Bonchev–Trinajstić information content (AvgIpc) is 3.54. The highest BCUT2D eigenvalue weighted by molar-refractivity contribution is 6.23. The lowest BCUT2D eigenvalue weighted by atomic mass is 9.45. The number of benzene rings is 3. The number of hydrogen-bond acceptors (Lipinski definition) is 12. The van der Waals surface area contributed by atoms with Crippen LogP contribution in [0.2, 0.25) is 0 Å². The lowest BCUT2D eigenvalue weighted by Gasteiger charge is -2.66. The fourth-order valence-electron chi connectivity index (χ4n) is 12.1. The number of nitriles is 1. The molecule has 2 N–H and O–H groups in total. The molecule has 10 rings (SSSR count). The van der Waals surface area contributed by atoms with Gasteiger partial charge in [0.2, 0.25) is 11.8 Å². The number of ether oxygens (including phenoxy) is 1. The number of aromatic nitrogens is 1. The summed E-state index contributed by atoms with van der Waals surface area (Å²) in [6.45, 7) is 11.6. The minimum atomic E-state index is -1.01. The molecule has 4 fully saturated rings. The standard InChI is InChI=1S/C50H54FN9O6/c1-49(2)47(50(3)35-14-17-53-42-30(24-52)7-12-39(41(35)42)66-48(49)50)55-43(62)29-6-10-37(36(51)22-29)57-18-15-28(16-19-57)25-58-20-21-59(27-32(58)26-56(4)5)31-8-9-33-34(23-31)46(65)60(45(33)64)38-11-13-40(61)54-44(38)63/h6-10,12,14,17,22-23,28,32,38,47-48H,11,13,15-16,18-21,25-27H2,1-5H3,(H,55,62)(H,54,61,63)/t32-,38?,47?,48-,50?/m0/s1. The van der Waals surface area contributed by atoms with E-state index in [4.69, 9.17) is 4.74 Å². The summed E-state index contributed by atoms with van der Waals surface area (Å²) in [5, 5.41) is 16.1. The van der Waals surface area contributed by atoms with Gasteiger partial charge in [0.25, 0.3) is 17.7 Å². The number of halogens is 1. The SMILES string of the molecule is CN(C)C[C@H]1CN(c2ccc3c(c2)C(=O)N(C2CCC(=O)NC2=O)C3=O)CCN1CC1CCN(c2ccc(C(=O)NC3C(C)(C)[C@@H]4Oc5ccc(C#N)c6nccc(c56)C34C)cc2F)CC1. The van der Waals surface area contributed by atoms with Crippen molar-refractivity contribution in [3.05, 3.63) is 94.4 Å². The Labute approximate surface area is 382 Å². The third kappa shape index (κ3) is 6.97. The fraction of sp³-hybridized carbons (Fsp3) is 0.460. The summed E-state index contributed by atoms with van der Waals surface area (Å²) < 4.78 is 22.6. The van der Waals surface area contributed by atoms with Crippen molar-refractivity contribution in [1.29, 1.82) is 5.26 Å². The molecule has 5 amide bonds. The number of nitrogens with one attached hydrogen (secondary N) is 2. The smallest absolute Gasteiger partial charge is 0.262 e. The highest BCUT2D eigenvalue weighted by atomic mass is 19.1. The molecule has 66 heavy (non-hydrogen) atoms. The van der Waals surface area contributed by atoms with Crippen molar-refractivity contribution in [1.82, 2.24) is 30.3 Å². The van der Waals surface area contributed by atoms with Crippen LogP contribution in [0.3, 0.4) is 0 Å². The number of likely N-dealkylation sites (N-methyl/N-ethyl adjacent to an activating group) is 1. The Morgan fingerprint density at radius 3 is 2.45 bits per heavy atom. The minimum absolute atomic E-state index is 0.0679. The molecule has 3 saturated heterocycles. The summed E-state index contributed by atoms with van der Waals surface area (Å²) in [6.07, 6.45) is 3.42. The van der Waals surface area contributed by atoms with Crippen molar-refractivity contribution >= 4 is 51.8 Å². The van der Waals surface area contributed by atoms with Crippen molar-refractivity contribution in [2.24, 2.45) is 11.3 Å². The number of pyridine rings is 1. The van der Waals surface area contributed by atoms with Crippen LogP contribution in [0.4, 0.5) is 15.8 Å². The Balaban J connectivity index is 0.766. The van der Waals surface area contributed by atoms with E-state index < -0.39 is 46.3 Å². The molecular weight excluding hydrogens is 842 g/mol. The Morgan fingerprint density at radius 2 is 1.73 bits per heavy atom. The summed E-state index contributed by atoms with van der Waals surface area (Å²) in [6, 6.07) is 16.6. The van der Waals surface area contributed by atoms with Gasteiger partial charge < -0.3 is 24.8 Å². The van der Waals surface area contributed by atoms with Gasteiger partial charge in [0.15, 0.2) is 0 Å². The van der Waals surface area contributed by atoms with E-state index in [2.05, 4.69) is 76.2 Å². The van der Waals surface area contributed by atoms with Gasteiger partial charge in [-0.25, -0.2) is 4.39 Å². The third-order valence-electron chi connectivity index (χ3n) is 15.3. The first-order valence-electron chi connectivity index (χ1n) is 22.9. The maximum atomic E-state index is 16.0. The number of hydrogen-bond donors (Lipinski definition) is 2. The first-order chi connectivity index (χ1) is 31.6. The second-order valence-corrected chi connectivity index (χ2v) is 19.9. The predicted molar refractivity (Wildman–Crippen MR) is 244 cm³/mol. The normalized spacial score (nSPS) is 26.1. The molecular formula is C50H54FN9O6. The Bertz CT molecular complexity index is 2760. The number of imide groups is 2. The molecule has 15 nitrogen and oxygen atoms in total. The lowest BCUT2D eigenvalue weighted by Crippen LogP contribution is -2.78. The van der Waals surface area contributed by atoms with Crippen molar-refractivity contribution < 1.29 is 33.1 Å². The number of carbonyl (C=O) groups is 5. The topological polar surface area (TPSA) is 172 Å². The van der Waals surface area contributed by atoms with E-state index in [9.17, 15) is 29.2 Å². The first-order valence-corrected chi connectivity index (χ1v) is 22.9. The average molecular weight is 896 g/mol. The van der Waals surface area contributed by atoms with Crippen LogP contribution in [0.5, 0.6) is 5.75 Å². The summed E-state index contributed by atoms with van der Waals surface area (Å²) in [5.41, 5.74) is 3.06. The summed E-state index contributed by atoms with van der Waals surface area (Å²) >= 11 is 0. The van der Waals surface area contributed by atoms with Gasteiger partial charge in [-0.05, 0) is 106 Å². The zero-order valence-electron chi connectivity index (χ0n) is 37.9. The Morgan fingerprint density at radius 1 is 0.955 bits per heavy atom. The number of carbonyl (C=O) groups excluding carboxylic acids is 5. The monoisotopic (exact) mass is 895 g/mol. The van der Waals surface area contributed by atoms with Crippen LogP contribution >= 0.6 is 0 Å². The molecule has 1 aromatic heterocycles. The summed E-state index contributed by atoms with van der Waals surface area (Å²) in [4.78, 5) is 79.7. The van der Waals surface area contributed by atoms with E-state index in [-0.39, 0.29) is 53.6 Å². The maximum Gasteiger partial charge on any atom is 0.262 e.